The third kappa shape index (κ3) is 3.70. The quantitative estimate of drug-likeness (QED) is 0.604. The minimum atomic E-state index is -0.455. The lowest BCUT2D eigenvalue weighted by Crippen LogP contribution is -2.33. The number of hydrogen-bond acceptors (Lipinski definition) is 5. The molecular weight excluding hydrogens is 224 g/mol. The van der Waals surface area contributed by atoms with Gasteiger partial charge in [-0.25, -0.2) is 0 Å². The van der Waals surface area contributed by atoms with E-state index in [0.717, 1.165) is 0 Å². The van der Waals surface area contributed by atoms with E-state index in [2.05, 4.69) is 10.4 Å². The Morgan fingerprint density at radius 2 is 2.29 bits per heavy atom. The molecule has 0 saturated carbocycles. The number of nitrogens with zero attached hydrogens (tertiary/aromatic N) is 3. The summed E-state index contributed by atoms with van der Waals surface area (Å²) >= 11 is 0. The monoisotopic (exact) mass is 242 g/mol. The molecule has 7 heteroatoms. The van der Waals surface area contributed by atoms with E-state index in [9.17, 15) is 10.1 Å². The first-order chi connectivity index (χ1) is 7.85. The van der Waals surface area contributed by atoms with E-state index in [4.69, 9.17) is 4.74 Å². The van der Waals surface area contributed by atoms with E-state index in [1.165, 1.54) is 10.9 Å². The van der Waals surface area contributed by atoms with Gasteiger partial charge < -0.3 is 10.1 Å². The SMILES string of the molecule is CCOC(C)(C)CNc1nn(C)cc1[N+](=O)[O-]. The van der Waals surface area contributed by atoms with Crippen LogP contribution in [0.2, 0.25) is 0 Å². The summed E-state index contributed by atoms with van der Waals surface area (Å²) in [7, 11) is 1.64. The maximum Gasteiger partial charge on any atom is 0.330 e. The fraction of sp³-hybridized carbons (Fsp3) is 0.700. The maximum absolute atomic E-state index is 10.8. The van der Waals surface area contributed by atoms with E-state index in [1.807, 2.05) is 20.8 Å². The number of hydrogen-bond donors (Lipinski definition) is 1. The van der Waals surface area contributed by atoms with Gasteiger partial charge >= 0.3 is 5.69 Å². The number of nitro groups is 1. The average Bonchev–Trinajstić information content (AvgIpc) is 2.57. The topological polar surface area (TPSA) is 82.2 Å². The van der Waals surface area contributed by atoms with E-state index in [1.54, 1.807) is 7.05 Å². The van der Waals surface area contributed by atoms with Gasteiger partial charge in [0.05, 0.1) is 10.5 Å². The zero-order chi connectivity index (χ0) is 13.1. The smallest absolute Gasteiger partial charge is 0.330 e. The first kappa shape index (κ1) is 13.4. The number of ether oxygens (including phenoxy) is 1. The summed E-state index contributed by atoms with van der Waals surface area (Å²) in [4.78, 5) is 10.3. The third-order valence-electron chi connectivity index (χ3n) is 2.22. The van der Waals surface area contributed by atoms with Crippen LogP contribution in [0.3, 0.4) is 0 Å². The summed E-state index contributed by atoms with van der Waals surface area (Å²) in [6.45, 7) is 6.79. The molecule has 7 nitrogen and oxygen atoms in total. The molecule has 0 bridgehead atoms. The van der Waals surface area contributed by atoms with Crippen LogP contribution in [0.1, 0.15) is 20.8 Å². The van der Waals surface area contributed by atoms with Crippen LogP contribution in [-0.2, 0) is 11.8 Å². The molecule has 1 heterocycles. The van der Waals surface area contributed by atoms with Crippen LogP contribution < -0.4 is 5.32 Å². The van der Waals surface area contributed by atoms with Crippen LogP contribution >= 0.6 is 0 Å². The second-order valence-corrected chi connectivity index (χ2v) is 4.34. The Kier molecular flexibility index (Phi) is 4.06. The molecule has 0 fully saturated rings. The summed E-state index contributed by atoms with van der Waals surface area (Å²) in [5.41, 5.74) is -0.417. The van der Waals surface area contributed by atoms with Crippen molar-refractivity contribution in [1.82, 2.24) is 9.78 Å². The lowest BCUT2D eigenvalue weighted by Gasteiger charge is -2.24. The van der Waals surface area contributed by atoms with Gasteiger partial charge in [-0.1, -0.05) is 0 Å². The van der Waals surface area contributed by atoms with Gasteiger partial charge in [0, 0.05) is 20.2 Å². The van der Waals surface area contributed by atoms with Crippen molar-refractivity contribution in [2.45, 2.75) is 26.4 Å². The fourth-order valence-electron chi connectivity index (χ4n) is 1.47. The highest BCUT2D eigenvalue weighted by atomic mass is 16.6. The van der Waals surface area contributed by atoms with Crippen molar-refractivity contribution in [2.75, 3.05) is 18.5 Å². The van der Waals surface area contributed by atoms with Crippen LogP contribution in [0.15, 0.2) is 6.20 Å². The molecule has 1 rings (SSSR count). The van der Waals surface area contributed by atoms with Gasteiger partial charge in [-0.05, 0) is 20.8 Å². The van der Waals surface area contributed by atoms with Crippen LogP contribution in [0, 0.1) is 10.1 Å². The first-order valence-corrected chi connectivity index (χ1v) is 5.41. The number of nitrogens with one attached hydrogen (secondary N) is 1. The average molecular weight is 242 g/mol. The van der Waals surface area contributed by atoms with Crippen molar-refractivity contribution >= 4 is 11.5 Å². The Hall–Kier alpha value is -1.63. The second kappa shape index (κ2) is 5.13. The van der Waals surface area contributed by atoms with Crippen molar-refractivity contribution in [3.63, 3.8) is 0 Å². The molecule has 0 aromatic carbocycles. The van der Waals surface area contributed by atoms with Crippen molar-refractivity contribution in [2.24, 2.45) is 7.05 Å². The highest BCUT2D eigenvalue weighted by molar-refractivity contribution is 5.54. The van der Waals surface area contributed by atoms with Gasteiger partial charge in [-0.2, -0.15) is 0 Å². The van der Waals surface area contributed by atoms with Gasteiger partial charge in [0.2, 0.25) is 5.82 Å². The molecule has 0 spiro atoms. The molecule has 0 aliphatic heterocycles. The molecular formula is C10H18N4O3. The summed E-state index contributed by atoms with van der Waals surface area (Å²) in [5.74, 6) is 0.269. The Morgan fingerprint density at radius 1 is 1.65 bits per heavy atom. The van der Waals surface area contributed by atoms with Crippen LogP contribution in [0.5, 0.6) is 0 Å². The largest absolute Gasteiger partial charge is 0.374 e. The first-order valence-electron chi connectivity index (χ1n) is 5.41. The fourth-order valence-corrected chi connectivity index (χ4v) is 1.47. The third-order valence-corrected chi connectivity index (χ3v) is 2.22. The number of aryl methyl sites for hydroxylation is 1. The molecule has 0 aliphatic rings. The van der Waals surface area contributed by atoms with E-state index in [0.29, 0.717) is 13.2 Å². The highest BCUT2D eigenvalue weighted by Crippen LogP contribution is 2.22. The minimum Gasteiger partial charge on any atom is -0.374 e. The summed E-state index contributed by atoms with van der Waals surface area (Å²) in [5, 5.41) is 17.7. The van der Waals surface area contributed by atoms with Crippen molar-refractivity contribution in [3.05, 3.63) is 16.3 Å². The van der Waals surface area contributed by atoms with Crippen LogP contribution in [0.4, 0.5) is 11.5 Å². The zero-order valence-corrected chi connectivity index (χ0v) is 10.6. The zero-order valence-electron chi connectivity index (χ0n) is 10.6. The van der Waals surface area contributed by atoms with E-state index >= 15 is 0 Å². The summed E-state index contributed by atoms with van der Waals surface area (Å²) < 4.78 is 6.90. The minimum absolute atomic E-state index is 0.0280. The summed E-state index contributed by atoms with van der Waals surface area (Å²) in [6, 6.07) is 0. The molecule has 0 amide bonds. The molecule has 0 radical (unpaired) electrons. The molecule has 1 aromatic heterocycles. The molecule has 0 unspecified atom stereocenters. The van der Waals surface area contributed by atoms with Gasteiger partial charge in [0.25, 0.3) is 0 Å². The van der Waals surface area contributed by atoms with Crippen LogP contribution in [0.25, 0.3) is 0 Å². The highest BCUT2D eigenvalue weighted by Gasteiger charge is 2.22. The predicted molar refractivity (Wildman–Crippen MR) is 64.1 cm³/mol. The molecule has 1 aromatic rings. The Labute approximate surface area is 99.9 Å². The number of rotatable bonds is 6. The predicted octanol–water partition coefficient (Wildman–Crippen LogP) is 1.56. The molecule has 1 N–H and O–H groups in total. The number of anilines is 1. The summed E-state index contributed by atoms with van der Waals surface area (Å²) in [6.07, 6.45) is 1.37. The van der Waals surface area contributed by atoms with Gasteiger partial charge in [0.15, 0.2) is 0 Å². The van der Waals surface area contributed by atoms with Gasteiger partial charge in [0.1, 0.15) is 6.20 Å². The molecule has 0 saturated heterocycles. The Morgan fingerprint density at radius 3 is 2.82 bits per heavy atom. The van der Waals surface area contributed by atoms with Gasteiger partial charge in [-0.15, -0.1) is 5.10 Å². The molecule has 0 aliphatic carbocycles. The maximum atomic E-state index is 10.8. The lowest BCUT2D eigenvalue weighted by molar-refractivity contribution is -0.384. The van der Waals surface area contributed by atoms with Crippen molar-refractivity contribution < 1.29 is 9.66 Å². The Bertz CT molecular complexity index is 400. The standard InChI is InChI=1S/C10H18N4O3/c1-5-17-10(2,3)7-11-9-8(14(15)16)6-13(4)12-9/h6H,5,7H2,1-4H3,(H,11,12). The number of aromatic nitrogens is 2. The van der Waals surface area contributed by atoms with Crippen LogP contribution in [-0.4, -0.2) is 33.5 Å². The van der Waals surface area contributed by atoms with E-state index in [-0.39, 0.29) is 17.1 Å². The van der Waals surface area contributed by atoms with Gasteiger partial charge in [-0.3, -0.25) is 14.8 Å². The van der Waals surface area contributed by atoms with Crippen molar-refractivity contribution in [1.29, 1.82) is 0 Å². The van der Waals surface area contributed by atoms with Crippen molar-refractivity contribution in [3.8, 4) is 0 Å². The molecule has 96 valence electrons. The molecule has 0 atom stereocenters. The molecule has 17 heavy (non-hydrogen) atoms. The Balaban J connectivity index is 2.72. The second-order valence-electron chi connectivity index (χ2n) is 4.34. The van der Waals surface area contributed by atoms with E-state index < -0.39 is 4.92 Å². The normalized spacial score (nSPS) is 11.5. The lowest BCUT2D eigenvalue weighted by atomic mass is 10.1.